The number of esters is 1. The molecule has 0 aliphatic carbocycles. The van der Waals surface area contributed by atoms with Crippen molar-refractivity contribution < 1.29 is 19.0 Å². The van der Waals surface area contributed by atoms with Crippen molar-refractivity contribution >= 4 is 17.7 Å². The van der Waals surface area contributed by atoms with E-state index in [9.17, 15) is 9.59 Å². The summed E-state index contributed by atoms with van der Waals surface area (Å²) in [5.41, 5.74) is 5.20. The molecule has 1 aromatic heterocycles. The average Bonchev–Trinajstić information content (AvgIpc) is 2.70. The monoisotopic (exact) mass is 242 g/mol. The lowest BCUT2D eigenvalue weighted by molar-refractivity contribution is -0.144. The van der Waals surface area contributed by atoms with Crippen molar-refractivity contribution in [1.82, 2.24) is 15.6 Å². The van der Waals surface area contributed by atoms with Gasteiger partial charge in [0.2, 0.25) is 11.5 Å². The lowest BCUT2D eigenvalue weighted by atomic mass is 10.0. The topological polar surface area (TPSA) is 120 Å². The Morgan fingerprint density at radius 2 is 2.06 bits per heavy atom. The van der Waals surface area contributed by atoms with E-state index in [4.69, 9.17) is 5.73 Å². The van der Waals surface area contributed by atoms with Crippen LogP contribution < -0.4 is 11.1 Å². The zero-order valence-corrected chi connectivity index (χ0v) is 9.76. The van der Waals surface area contributed by atoms with Gasteiger partial charge in [-0.2, -0.15) is 0 Å². The number of anilines is 1. The third-order valence-electron chi connectivity index (χ3n) is 2.14. The minimum atomic E-state index is -0.774. The maximum atomic E-state index is 11.7. The minimum Gasteiger partial charge on any atom is -0.467 e. The molecule has 0 aliphatic rings. The molecule has 0 saturated heterocycles. The number of nitrogens with two attached hydrogens (primary N) is 1. The molecule has 17 heavy (non-hydrogen) atoms. The van der Waals surface area contributed by atoms with Gasteiger partial charge in [-0.1, -0.05) is 13.8 Å². The van der Waals surface area contributed by atoms with Gasteiger partial charge in [-0.3, -0.25) is 4.79 Å². The standard InChI is InChI=1S/C9H14N4O4/c1-4(2)5(9(15)16-3)11-8(14)6-7(10)13-17-12-6/h4-5H,1-3H3,(H2,10,13)(H,11,14)/t5-/m0/s1. The van der Waals surface area contributed by atoms with Crippen LogP contribution in [0.3, 0.4) is 0 Å². The fraction of sp³-hybridized carbons (Fsp3) is 0.556. The number of carbonyl (C=O) groups is 2. The highest BCUT2D eigenvalue weighted by Gasteiger charge is 2.27. The largest absolute Gasteiger partial charge is 0.467 e. The summed E-state index contributed by atoms with van der Waals surface area (Å²) in [5.74, 6) is -1.43. The Kier molecular flexibility index (Phi) is 4.02. The fourth-order valence-corrected chi connectivity index (χ4v) is 1.19. The second-order valence-corrected chi connectivity index (χ2v) is 3.72. The number of methoxy groups -OCH3 is 1. The molecule has 1 atom stereocenters. The van der Waals surface area contributed by atoms with Crippen molar-refractivity contribution in [2.75, 3.05) is 12.8 Å². The Morgan fingerprint density at radius 3 is 2.47 bits per heavy atom. The third kappa shape index (κ3) is 2.92. The zero-order chi connectivity index (χ0) is 13.0. The van der Waals surface area contributed by atoms with E-state index < -0.39 is 17.9 Å². The lowest BCUT2D eigenvalue weighted by Gasteiger charge is -2.18. The van der Waals surface area contributed by atoms with Crippen LogP contribution in [0.4, 0.5) is 5.82 Å². The summed E-state index contributed by atoms with van der Waals surface area (Å²) < 4.78 is 8.87. The number of hydrogen-bond acceptors (Lipinski definition) is 7. The van der Waals surface area contributed by atoms with Crippen molar-refractivity contribution in [3.8, 4) is 0 Å². The van der Waals surface area contributed by atoms with E-state index in [1.165, 1.54) is 7.11 Å². The molecular weight excluding hydrogens is 228 g/mol. The number of hydrogen-bond donors (Lipinski definition) is 2. The Morgan fingerprint density at radius 1 is 1.41 bits per heavy atom. The molecule has 1 rings (SSSR count). The molecule has 0 spiro atoms. The predicted molar refractivity (Wildman–Crippen MR) is 56.8 cm³/mol. The van der Waals surface area contributed by atoms with Gasteiger partial charge >= 0.3 is 5.97 Å². The smallest absolute Gasteiger partial charge is 0.328 e. The molecule has 0 unspecified atom stereocenters. The van der Waals surface area contributed by atoms with Gasteiger partial charge in [0.05, 0.1) is 7.11 Å². The van der Waals surface area contributed by atoms with Crippen molar-refractivity contribution in [3.63, 3.8) is 0 Å². The zero-order valence-electron chi connectivity index (χ0n) is 9.76. The summed E-state index contributed by atoms with van der Waals surface area (Å²) >= 11 is 0. The Labute approximate surface area is 97.4 Å². The molecule has 0 saturated carbocycles. The first-order valence-corrected chi connectivity index (χ1v) is 4.94. The average molecular weight is 242 g/mol. The SMILES string of the molecule is COC(=O)[C@@H](NC(=O)c1nonc1N)C(C)C. The molecule has 94 valence electrons. The van der Waals surface area contributed by atoms with Crippen molar-refractivity contribution in [1.29, 1.82) is 0 Å². The normalized spacial score (nSPS) is 12.2. The van der Waals surface area contributed by atoms with Gasteiger partial charge in [-0.15, -0.1) is 0 Å². The Hall–Kier alpha value is -2.12. The van der Waals surface area contributed by atoms with Crippen LogP contribution in [-0.4, -0.2) is 35.3 Å². The van der Waals surface area contributed by atoms with Gasteiger partial charge in [0.1, 0.15) is 6.04 Å². The van der Waals surface area contributed by atoms with Crippen LogP contribution in [-0.2, 0) is 9.53 Å². The van der Waals surface area contributed by atoms with E-state index in [2.05, 4.69) is 25.0 Å². The van der Waals surface area contributed by atoms with Crippen LogP contribution in [0, 0.1) is 5.92 Å². The molecule has 1 amide bonds. The van der Waals surface area contributed by atoms with Gasteiger partial charge in [0.15, 0.2) is 0 Å². The van der Waals surface area contributed by atoms with Gasteiger partial charge < -0.3 is 15.8 Å². The molecule has 1 aromatic rings. The molecule has 8 nitrogen and oxygen atoms in total. The highest BCUT2D eigenvalue weighted by atomic mass is 16.6. The van der Waals surface area contributed by atoms with Crippen LogP contribution in [0.1, 0.15) is 24.3 Å². The molecule has 0 aromatic carbocycles. The lowest BCUT2D eigenvalue weighted by Crippen LogP contribution is -2.45. The number of nitrogens with one attached hydrogen (secondary N) is 1. The first kappa shape index (κ1) is 12.9. The Bertz CT molecular complexity index is 415. The van der Waals surface area contributed by atoms with Crippen LogP contribution in [0.25, 0.3) is 0 Å². The second-order valence-electron chi connectivity index (χ2n) is 3.72. The third-order valence-corrected chi connectivity index (χ3v) is 2.14. The van der Waals surface area contributed by atoms with Crippen LogP contribution in [0.2, 0.25) is 0 Å². The van der Waals surface area contributed by atoms with E-state index in [1.807, 2.05) is 0 Å². The van der Waals surface area contributed by atoms with E-state index in [-0.39, 0.29) is 17.4 Å². The first-order valence-electron chi connectivity index (χ1n) is 4.94. The number of carbonyl (C=O) groups excluding carboxylic acids is 2. The molecule has 0 bridgehead atoms. The number of nitrogen functional groups attached to an aromatic ring is 1. The number of aromatic nitrogens is 2. The first-order chi connectivity index (χ1) is 7.97. The summed E-state index contributed by atoms with van der Waals surface area (Å²) in [6, 6.07) is -0.774. The summed E-state index contributed by atoms with van der Waals surface area (Å²) in [6.07, 6.45) is 0. The van der Waals surface area contributed by atoms with Gasteiger partial charge in [-0.05, 0) is 16.2 Å². The van der Waals surface area contributed by atoms with Crippen LogP contribution >= 0.6 is 0 Å². The van der Waals surface area contributed by atoms with Gasteiger partial charge in [-0.25, -0.2) is 9.42 Å². The molecule has 0 radical (unpaired) electrons. The maximum absolute atomic E-state index is 11.7. The van der Waals surface area contributed by atoms with E-state index in [0.717, 1.165) is 0 Å². The number of rotatable bonds is 4. The summed E-state index contributed by atoms with van der Waals surface area (Å²) in [4.78, 5) is 23.1. The number of ether oxygens (including phenoxy) is 1. The van der Waals surface area contributed by atoms with E-state index >= 15 is 0 Å². The summed E-state index contributed by atoms with van der Waals surface area (Å²) in [7, 11) is 1.25. The second kappa shape index (κ2) is 5.28. The van der Waals surface area contributed by atoms with E-state index in [0.29, 0.717) is 0 Å². The highest BCUT2D eigenvalue weighted by molar-refractivity contribution is 5.98. The quantitative estimate of drug-likeness (QED) is 0.688. The van der Waals surface area contributed by atoms with Crippen LogP contribution in [0.15, 0.2) is 4.63 Å². The minimum absolute atomic E-state index is 0.130. The summed E-state index contributed by atoms with van der Waals surface area (Å²) in [5, 5.41) is 9.06. The Balaban J connectivity index is 2.78. The van der Waals surface area contributed by atoms with Gasteiger partial charge in [0.25, 0.3) is 5.91 Å². The molecule has 1 heterocycles. The highest BCUT2D eigenvalue weighted by Crippen LogP contribution is 2.08. The molecule has 8 heteroatoms. The van der Waals surface area contributed by atoms with E-state index in [1.54, 1.807) is 13.8 Å². The predicted octanol–water partition coefficient (Wildman–Crippen LogP) is -0.421. The molecule has 0 fully saturated rings. The molecular formula is C9H14N4O4. The van der Waals surface area contributed by atoms with Crippen molar-refractivity contribution in [2.45, 2.75) is 19.9 Å². The molecule has 0 aliphatic heterocycles. The number of amides is 1. The van der Waals surface area contributed by atoms with Crippen molar-refractivity contribution in [3.05, 3.63) is 5.69 Å². The summed E-state index contributed by atoms with van der Waals surface area (Å²) in [6.45, 7) is 3.54. The van der Waals surface area contributed by atoms with Crippen molar-refractivity contribution in [2.24, 2.45) is 5.92 Å². The van der Waals surface area contributed by atoms with Gasteiger partial charge in [0, 0.05) is 0 Å². The van der Waals surface area contributed by atoms with Crippen LogP contribution in [0.5, 0.6) is 0 Å². The molecule has 3 N–H and O–H groups in total. The fourth-order valence-electron chi connectivity index (χ4n) is 1.19. The maximum Gasteiger partial charge on any atom is 0.328 e. The number of nitrogens with zero attached hydrogens (tertiary/aromatic N) is 2.